The topological polar surface area (TPSA) is 55.4 Å². The molecule has 0 aromatic heterocycles. The summed E-state index contributed by atoms with van der Waals surface area (Å²) < 4.78 is 28.4. The molecule has 5 heteroatoms. The molecule has 1 heterocycles. The van der Waals surface area contributed by atoms with E-state index >= 15 is 0 Å². The van der Waals surface area contributed by atoms with Crippen LogP contribution in [0.4, 0.5) is 0 Å². The van der Waals surface area contributed by atoms with Crippen molar-refractivity contribution in [2.45, 2.75) is 31.9 Å². The van der Waals surface area contributed by atoms with Crippen molar-refractivity contribution < 1.29 is 13.2 Å². The van der Waals surface area contributed by atoms with Gasteiger partial charge >= 0.3 is 0 Å². The first-order valence-electron chi connectivity index (χ1n) is 6.68. The van der Waals surface area contributed by atoms with E-state index in [1.54, 1.807) is 0 Å². The molecular weight excluding hydrogens is 262 g/mol. The van der Waals surface area contributed by atoms with Gasteiger partial charge in [0.25, 0.3) is 0 Å². The van der Waals surface area contributed by atoms with Gasteiger partial charge in [-0.2, -0.15) is 0 Å². The summed E-state index contributed by atoms with van der Waals surface area (Å²) >= 11 is 0. The Hall–Kier alpha value is -1.07. The van der Waals surface area contributed by atoms with Gasteiger partial charge in [-0.1, -0.05) is 19.1 Å². The molecule has 1 aromatic carbocycles. The number of rotatable bonds is 5. The van der Waals surface area contributed by atoms with E-state index in [1.165, 1.54) is 5.56 Å². The molecule has 0 saturated carbocycles. The van der Waals surface area contributed by atoms with Crippen molar-refractivity contribution in [3.05, 3.63) is 29.8 Å². The van der Waals surface area contributed by atoms with Gasteiger partial charge in [0, 0.05) is 6.04 Å². The Morgan fingerprint density at radius 2 is 2.05 bits per heavy atom. The maximum Gasteiger partial charge on any atom is 0.154 e. The van der Waals surface area contributed by atoms with Crippen molar-refractivity contribution in [1.29, 1.82) is 0 Å². The predicted octanol–water partition coefficient (Wildman–Crippen LogP) is 1.92. The third-order valence-corrected chi connectivity index (χ3v) is 5.27. The van der Waals surface area contributed by atoms with Crippen molar-refractivity contribution >= 4 is 9.84 Å². The van der Waals surface area contributed by atoms with Gasteiger partial charge in [-0.3, -0.25) is 0 Å². The molecule has 0 bridgehead atoms. The number of hydrogen-bond donors (Lipinski definition) is 1. The maximum atomic E-state index is 11.4. The van der Waals surface area contributed by atoms with Gasteiger partial charge < -0.3 is 10.1 Å². The van der Waals surface area contributed by atoms with E-state index in [0.29, 0.717) is 12.5 Å². The first-order chi connectivity index (χ1) is 9.04. The Morgan fingerprint density at radius 1 is 1.37 bits per heavy atom. The van der Waals surface area contributed by atoms with Gasteiger partial charge in [0.2, 0.25) is 0 Å². The van der Waals surface area contributed by atoms with Crippen LogP contribution in [0.3, 0.4) is 0 Å². The van der Waals surface area contributed by atoms with Crippen LogP contribution >= 0.6 is 0 Å². The lowest BCUT2D eigenvalue weighted by Crippen LogP contribution is -2.18. The third kappa shape index (κ3) is 3.70. The van der Waals surface area contributed by atoms with Crippen LogP contribution in [0.5, 0.6) is 5.75 Å². The van der Waals surface area contributed by atoms with E-state index in [0.717, 1.165) is 12.2 Å². The van der Waals surface area contributed by atoms with E-state index in [1.807, 2.05) is 31.3 Å². The fourth-order valence-corrected chi connectivity index (χ4v) is 4.02. The summed E-state index contributed by atoms with van der Waals surface area (Å²) in [6, 6.07) is 8.24. The molecule has 2 atom stereocenters. The fraction of sp³-hybridized carbons (Fsp3) is 0.571. The Kier molecular flexibility index (Phi) is 4.47. The largest absolute Gasteiger partial charge is 0.489 e. The SMILES string of the molecule is CCC(NC)c1ccc(OC2CCS(=O)(=O)C2)cc1. The van der Waals surface area contributed by atoms with Crippen LogP contribution in [-0.2, 0) is 9.84 Å². The Balaban J connectivity index is 1.99. The number of ether oxygens (including phenoxy) is 1. The molecule has 19 heavy (non-hydrogen) atoms. The van der Waals surface area contributed by atoms with Crippen LogP contribution < -0.4 is 10.1 Å². The highest BCUT2D eigenvalue weighted by Crippen LogP contribution is 2.23. The Labute approximate surface area is 115 Å². The molecule has 1 N–H and O–H groups in total. The Morgan fingerprint density at radius 3 is 2.53 bits per heavy atom. The van der Waals surface area contributed by atoms with E-state index in [-0.39, 0.29) is 17.6 Å². The van der Waals surface area contributed by atoms with Gasteiger partial charge in [0.1, 0.15) is 11.9 Å². The van der Waals surface area contributed by atoms with Crippen molar-refractivity contribution in [1.82, 2.24) is 5.32 Å². The van der Waals surface area contributed by atoms with E-state index < -0.39 is 9.84 Å². The molecular formula is C14H21NO3S. The summed E-state index contributed by atoms with van der Waals surface area (Å²) in [4.78, 5) is 0. The molecule has 1 aliphatic rings. The molecule has 106 valence electrons. The molecule has 1 aromatic rings. The zero-order chi connectivity index (χ0) is 13.9. The molecule has 1 saturated heterocycles. The molecule has 0 spiro atoms. The van der Waals surface area contributed by atoms with E-state index in [9.17, 15) is 8.42 Å². The highest BCUT2D eigenvalue weighted by atomic mass is 32.2. The van der Waals surface area contributed by atoms with Gasteiger partial charge in [0.05, 0.1) is 11.5 Å². The molecule has 2 rings (SSSR count). The summed E-state index contributed by atoms with van der Waals surface area (Å²) in [5, 5.41) is 3.25. The van der Waals surface area contributed by atoms with E-state index in [2.05, 4.69) is 12.2 Å². The zero-order valence-electron chi connectivity index (χ0n) is 11.4. The summed E-state index contributed by atoms with van der Waals surface area (Å²) in [5.41, 5.74) is 1.22. The van der Waals surface area contributed by atoms with Crippen molar-refractivity contribution in [3.8, 4) is 5.75 Å². The molecule has 0 aliphatic carbocycles. The predicted molar refractivity (Wildman–Crippen MR) is 76.2 cm³/mol. The standard InChI is InChI=1S/C14H21NO3S/c1-3-14(15-2)11-4-6-12(7-5-11)18-13-8-9-19(16,17)10-13/h4-7,13-15H,3,8-10H2,1-2H3. The van der Waals surface area contributed by atoms with Crippen LogP contribution in [0.1, 0.15) is 31.4 Å². The second-order valence-electron chi connectivity index (χ2n) is 4.96. The first-order valence-corrected chi connectivity index (χ1v) is 8.50. The van der Waals surface area contributed by atoms with E-state index in [4.69, 9.17) is 4.74 Å². The minimum Gasteiger partial charge on any atom is -0.489 e. The lowest BCUT2D eigenvalue weighted by molar-refractivity contribution is 0.229. The molecule has 1 fully saturated rings. The highest BCUT2D eigenvalue weighted by molar-refractivity contribution is 7.91. The molecule has 2 unspecified atom stereocenters. The van der Waals surface area contributed by atoms with Crippen LogP contribution in [0.15, 0.2) is 24.3 Å². The average molecular weight is 283 g/mol. The van der Waals surface area contributed by atoms with Crippen molar-refractivity contribution in [2.75, 3.05) is 18.6 Å². The summed E-state index contributed by atoms with van der Waals surface area (Å²) in [6.07, 6.45) is 1.43. The van der Waals surface area contributed by atoms with Crippen molar-refractivity contribution in [2.24, 2.45) is 0 Å². The normalized spacial score (nSPS) is 23.2. The minimum atomic E-state index is -2.88. The second-order valence-corrected chi connectivity index (χ2v) is 7.19. The summed E-state index contributed by atoms with van der Waals surface area (Å²) in [6.45, 7) is 2.13. The third-order valence-electron chi connectivity index (χ3n) is 3.53. The van der Waals surface area contributed by atoms with Crippen LogP contribution in [-0.4, -0.2) is 33.1 Å². The number of nitrogens with one attached hydrogen (secondary N) is 1. The molecule has 4 nitrogen and oxygen atoms in total. The highest BCUT2D eigenvalue weighted by Gasteiger charge is 2.29. The number of sulfone groups is 1. The van der Waals surface area contributed by atoms with Gasteiger partial charge in [-0.25, -0.2) is 8.42 Å². The van der Waals surface area contributed by atoms with Gasteiger partial charge in [-0.15, -0.1) is 0 Å². The molecule has 0 amide bonds. The lowest BCUT2D eigenvalue weighted by atomic mass is 10.0. The lowest BCUT2D eigenvalue weighted by Gasteiger charge is -2.16. The first kappa shape index (κ1) is 14.3. The van der Waals surface area contributed by atoms with Gasteiger partial charge in [0.15, 0.2) is 9.84 Å². The van der Waals surface area contributed by atoms with Crippen LogP contribution in [0, 0.1) is 0 Å². The summed E-state index contributed by atoms with van der Waals surface area (Å²) in [7, 11) is -0.934. The smallest absolute Gasteiger partial charge is 0.154 e. The molecule has 0 radical (unpaired) electrons. The van der Waals surface area contributed by atoms with Crippen LogP contribution in [0.2, 0.25) is 0 Å². The monoisotopic (exact) mass is 283 g/mol. The zero-order valence-corrected chi connectivity index (χ0v) is 12.2. The Bertz CT molecular complexity index is 506. The van der Waals surface area contributed by atoms with Crippen molar-refractivity contribution in [3.63, 3.8) is 0 Å². The number of benzene rings is 1. The maximum absolute atomic E-state index is 11.4. The quantitative estimate of drug-likeness (QED) is 0.897. The van der Waals surface area contributed by atoms with Crippen LogP contribution in [0.25, 0.3) is 0 Å². The second kappa shape index (κ2) is 5.92. The number of hydrogen-bond acceptors (Lipinski definition) is 4. The minimum absolute atomic E-state index is 0.142. The fourth-order valence-electron chi connectivity index (χ4n) is 2.43. The van der Waals surface area contributed by atoms with Gasteiger partial charge in [-0.05, 0) is 37.6 Å². The molecule has 1 aliphatic heterocycles. The average Bonchev–Trinajstić information content (AvgIpc) is 2.72. The summed E-state index contributed by atoms with van der Waals surface area (Å²) in [5.74, 6) is 1.13.